The average Bonchev–Trinajstić information content (AvgIpc) is 2.46. The first-order valence-electron chi connectivity index (χ1n) is 6.61. The topological polar surface area (TPSA) is 55.8 Å². The number of halogens is 1. The van der Waals surface area contributed by atoms with E-state index in [0.29, 0.717) is 37.8 Å². The summed E-state index contributed by atoms with van der Waals surface area (Å²) in [5.41, 5.74) is 0. The van der Waals surface area contributed by atoms with Crippen molar-refractivity contribution in [3.8, 4) is 11.5 Å². The van der Waals surface area contributed by atoms with Crippen LogP contribution in [0.4, 0.5) is 0 Å². The molecular weight excluding hydrogens is 346 g/mol. The van der Waals surface area contributed by atoms with Crippen molar-refractivity contribution < 1.29 is 17.9 Å². The molecule has 0 amide bonds. The third-order valence-corrected chi connectivity index (χ3v) is 6.09. The van der Waals surface area contributed by atoms with E-state index in [1.807, 2.05) is 0 Å². The van der Waals surface area contributed by atoms with Crippen LogP contribution in [0.2, 0.25) is 0 Å². The van der Waals surface area contributed by atoms with E-state index >= 15 is 0 Å². The summed E-state index contributed by atoms with van der Waals surface area (Å²) in [5, 5.41) is 0. The molecule has 0 spiro atoms. The highest BCUT2D eigenvalue weighted by molar-refractivity contribution is 9.09. The predicted octanol–water partition coefficient (Wildman–Crippen LogP) is 2.01. The van der Waals surface area contributed by atoms with Gasteiger partial charge in [-0.15, -0.1) is 0 Å². The molecule has 1 aromatic rings. The number of piperidine rings is 1. The van der Waals surface area contributed by atoms with Gasteiger partial charge in [0.2, 0.25) is 10.0 Å². The van der Waals surface area contributed by atoms with Crippen molar-refractivity contribution >= 4 is 26.0 Å². The SMILES string of the molecule is O=S(=O)(c1ccc2c(c1)OCCO2)N1CCCC(Br)C1. The molecule has 7 heteroatoms. The summed E-state index contributed by atoms with van der Waals surface area (Å²) in [4.78, 5) is 0.492. The molecule has 3 rings (SSSR count). The molecule has 2 aliphatic heterocycles. The zero-order valence-corrected chi connectivity index (χ0v) is 13.3. The van der Waals surface area contributed by atoms with Gasteiger partial charge in [0.15, 0.2) is 11.5 Å². The van der Waals surface area contributed by atoms with Gasteiger partial charge in [0, 0.05) is 24.0 Å². The van der Waals surface area contributed by atoms with Gasteiger partial charge in [-0.1, -0.05) is 15.9 Å². The van der Waals surface area contributed by atoms with Gasteiger partial charge in [0.1, 0.15) is 13.2 Å². The molecule has 0 aliphatic carbocycles. The first-order valence-corrected chi connectivity index (χ1v) is 8.97. The molecule has 1 unspecified atom stereocenters. The number of hydrogen-bond acceptors (Lipinski definition) is 4. The van der Waals surface area contributed by atoms with Crippen LogP contribution in [0.15, 0.2) is 23.1 Å². The fourth-order valence-corrected chi connectivity index (χ4v) is 4.85. The quantitative estimate of drug-likeness (QED) is 0.756. The van der Waals surface area contributed by atoms with Crippen molar-refractivity contribution in [2.24, 2.45) is 0 Å². The van der Waals surface area contributed by atoms with Crippen molar-refractivity contribution in [1.29, 1.82) is 0 Å². The number of hydrogen-bond donors (Lipinski definition) is 0. The number of ether oxygens (including phenoxy) is 2. The van der Waals surface area contributed by atoms with Gasteiger partial charge in [0.05, 0.1) is 4.90 Å². The van der Waals surface area contributed by atoms with E-state index in [2.05, 4.69) is 15.9 Å². The lowest BCUT2D eigenvalue weighted by Gasteiger charge is -2.29. The summed E-state index contributed by atoms with van der Waals surface area (Å²) in [6.07, 6.45) is 1.88. The largest absolute Gasteiger partial charge is 0.486 e. The summed E-state index contributed by atoms with van der Waals surface area (Å²) < 4.78 is 37.6. The molecule has 110 valence electrons. The first kappa shape index (κ1) is 14.2. The second-order valence-corrected chi connectivity index (χ2v) is 8.14. The molecular formula is C13H16BrNO4S. The highest BCUT2D eigenvalue weighted by Crippen LogP contribution is 2.33. The minimum Gasteiger partial charge on any atom is -0.486 e. The molecule has 0 saturated carbocycles. The molecule has 0 N–H and O–H groups in total. The molecule has 5 nitrogen and oxygen atoms in total. The number of sulfonamides is 1. The normalized spacial score (nSPS) is 23.6. The molecule has 20 heavy (non-hydrogen) atoms. The number of alkyl halides is 1. The Kier molecular flexibility index (Phi) is 3.92. The Bertz CT molecular complexity index is 604. The second-order valence-electron chi connectivity index (χ2n) is 4.91. The van der Waals surface area contributed by atoms with Gasteiger partial charge >= 0.3 is 0 Å². The van der Waals surface area contributed by atoms with E-state index in [-0.39, 0.29) is 9.72 Å². The van der Waals surface area contributed by atoms with Gasteiger partial charge in [-0.25, -0.2) is 8.42 Å². The minimum absolute atomic E-state index is 0.225. The highest BCUT2D eigenvalue weighted by atomic mass is 79.9. The fourth-order valence-electron chi connectivity index (χ4n) is 2.44. The van der Waals surface area contributed by atoms with E-state index in [9.17, 15) is 8.42 Å². The molecule has 2 heterocycles. The van der Waals surface area contributed by atoms with Crippen LogP contribution in [0.3, 0.4) is 0 Å². The van der Waals surface area contributed by atoms with E-state index in [1.165, 1.54) is 4.31 Å². The third-order valence-electron chi connectivity index (χ3n) is 3.48. The summed E-state index contributed by atoms with van der Waals surface area (Å²) in [5.74, 6) is 1.11. The number of rotatable bonds is 2. The average molecular weight is 362 g/mol. The molecule has 1 fully saturated rings. The first-order chi connectivity index (χ1) is 9.57. The highest BCUT2D eigenvalue weighted by Gasteiger charge is 2.30. The van der Waals surface area contributed by atoms with E-state index in [4.69, 9.17) is 9.47 Å². The standard InChI is InChI=1S/C13H16BrNO4S/c14-10-2-1-5-15(9-10)20(16,17)11-3-4-12-13(8-11)19-7-6-18-12/h3-4,8,10H,1-2,5-7,9H2. The van der Waals surface area contributed by atoms with Crippen molar-refractivity contribution in [3.63, 3.8) is 0 Å². The van der Waals surface area contributed by atoms with Gasteiger partial charge < -0.3 is 9.47 Å². The summed E-state index contributed by atoms with van der Waals surface area (Å²) >= 11 is 3.50. The van der Waals surface area contributed by atoms with Crippen LogP contribution in [-0.2, 0) is 10.0 Å². The summed E-state index contributed by atoms with van der Waals surface area (Å²) in [6.45, 7) is 2.02. The van der Waals surface area contributed by atoms with E-state index in [1.54, 1.807) is 18.2 Å². The maximum absolute atomic E-state index is 12.6. The molecule has 1 saturated heterocycles. The van der Waals surface area contributed by atoms with E-state index in [0.717, 1.165) is 12.8 Å². The number of benzene rings is 1. The monoisotopic (exact) mass is 361 g/mol. The predicted molar refractivity (Wildman–Crippen MR) is 78.1 cm³/mol. The Balaban J connectivity index is 1.90. The van der Waals surface area contributed by atoms with Crippen molar-refractivity contribution in [3.05, 3.63) is 18.2 Å². The Morgan fingerprint density at radius 2 is 1.95 bits per heavy atom. The van der Waals surface area contributed by atoms with Gasteiger partial charge in [-0.3, -0.25) is 0 Å². The summed E-state index contributed by atoms with van der Waals surface area (Å²) in [7, 11) is -3.46. The van der Waals surface area contributed by atoms with Crippen LogP contribution in [0.5, 0.6) is 11.5 Å². The second kappa shape index (κ2) is 5.54. The van der Waals surface area contributed by atoms with E-state index < -0.39 is 10.0 Å². The zero-order chi connectivity index (χ0) is 14.2. The van der Waals surface area contributed by atoms with Crippen LogP contribution in [0.25, 0.3) is 0 Å². The van der Waals surface area contributed by atoms with Crippen molar-refractivity contribution in [1.82, 2.24) is 4.31 Å². The summed E-state index contributed by atoms with van der Waals surface area (Å²) in [6, 6.07) is 4.80. The lowest BCUT2D eigenvalue weighted by molar-refractivity contribution is 0.171. The van der Waals surface area contributed by atoms with Crippen LogP contribution in [-0.4, -0.2) is 43.9 Å². The number of nitrogens with zero attached hydrogens (tertiary/aromatic N) is 1. The smallest absolute Gasteiger partial charge is 0.243 e. The Morgan fingerprint density at radius 3 is 2.70 bits per heavy atom. The van der Waals surface area contributed by atoms with Crippen LogP contribution in [0.1, 0.15) is 12.8 Å². The van der Waals surface area contributed by atoms with Crippen LogP contribution in [0, 0.1) is 0 Å². The Labute approximate surface area is 127 Å². The molecule has 0 bridgehead atoms. The number of fused-ring (bicyclic) bond motifs is 1. The zero-order valence-electron chi connectivity index (χ0n) is 10.9. The lowest BCUT2D eigenvalue weighted by Crippen LogP contribution is -2.40. The maximum Gasteiger partial charge on any atom is 0.243 e. The van der Waals surface area contributed by atoms with Crippen molar-refractivity contribution in [2.45, 2.75) is 22.6 Å². The maximum atomic E-state index is 12.6. The van der Waals surface area contributed by atoms with Gasteiger partial charge in [-0.05, 0) is 25.0 Å². The third kappa shape index (κ3) is 2.66. The van der Waals surface area contributed by atoms with Gasteiger partial charge in [0.25, 0.3) is 0 Å². The van der Waals surface area contributed by atoms with Crippen molar-refractivity contribution in [2.75, 3.05) is 26.3 Å². The Hall–Kier alpha value is -0.790. The Morgan fingerprint density at radius 1 is 1.20 bits per heavy atom. The molecule has 2 aliphatic rings. The lowest BCUT2D eigenvalue weighted by atomic mass is 10.2. The van der Waals surface area contributed by atoms with Crippen LogP contribution < -0.4 is 9.47 Å². The fraction of sp³-hybridized carbons (Fsp3) is 0.538. The van der Waals surface area contributed by atoms with Gasteiger partial charge in [-0.2, -0.15) is 4.31 Å². The minimum atomic E-state index is -3.46. The molecule has 0 aromatic heterocycles. The van der Waals surface area contributed by atoms with Crippen LogP contribution >= 0.6 is 15.9 Å². The molecule has 1 aromatic carbocycles. The molecule has 1 atom stereocenters. The molecule has 0 radical (unpaired) electrons.